The topological polar surface area (TPSA) is 26.6 Å². The van der Waals surface area contributed by atoms with Crippen LogP contribution >= 0.6 is 0 Å². The van der Waals surface area contributed by atoms with E-state index in [1.165, 1.54) is 11.4 Å². The molecule has 1 aromatic carbocycles. The fraction of sp³-hybridized carbons (Fsp3) is 0.375. The molecule has 0 N–H and O–H groups in total. The lowest BCUT2D eigenvalue weighted by Gasteiger charge is -2.28. The van der Waals surface area contributed by atoms with Crippen LogP contribution in [0.5, 0.6) is 5.75 Å². The third-order valence-electron chi connectivity index (χ3n) is 4.01. The van der Waals surface area contributed by atoms with Crippen molar-refractivity contribution in [3.8, 4) is 11.4 Å². The first kappa shape index (κ1) is 12.0. The van der Waals surface area contributed by atoms with Crippen LogP contribution in [0.2, 0.25) is 0 Å². The van der Waals surface area contributed by atoms with Gasteiger partial charge in [-0.25, -0.2) is 0 Å². The zero-order valence-electron chi connectivity index (χ0n) is 11.4. The Hall–Kier alpha value is -1.78. The van der Waals surface area contributed by atoms with Crippen molar-refractivity contribution >= 4 is 0 Å². The highest BCUT2D eigenvalue weighted by atomic mass is 16.5. The molecule has 2 aliphatic rings. The van der Waals surface area contributed by atoms with E-state index in [0.717, 1.165) is 44.3 Å². The van der Waals surface area contributed by atoms with Gasteiger partial charge in [-0.15, -0.1) is 0 Å². The van der Waals surface area contributed by atoms with Crippen molar-refractivity contribution in [1.29, 1.82) is 0 Å². The number of nitrogens with zero attached hydrogens (tertiary/aromatic N) is 2. The third kappa shape index (κ3) is 2.01. The molecule has 1 aromatic heterocycles. The maximum Gasteiger partial charge on any atom is 0.143 e. The van der Waals surface area contributed by atoms with Crippen LogP contribution in [0.1, 0.15) is 11.4 Å². The number of benzene rings is 1. The smallest absolute Gasteiger partial charge is 0.143 e. The molecule has 0 bridgehead atoms. The standard InChI is InChI=1S/C16H18N2O2/c1-2-4-16-15(3-1)18-13(5-6-14(18)12-20-16)11-17-7-9-19-10-8-17/h1-6H,7-12H2. The van der Waals surface area contributed by atoms with Gasteiger partial charge >= 0.3 is 0 Å². The summed E-state index contributed by atoms with van der Waals surface area (Å²) >= 11 is 0. The minimum atomic E-state index is 0.653. The van der Waals surface area contributed by atoms with Crippen molar-refractivity contribution in [3.63, 3.8) is 0 Å². The van der Waals surface area contributed by atoms with E-state index in [0.29, 0.717) is 6.61 Å². The molecular formula is C16H18N2O2. The van der Waals surface area contributed by atoms with Gasteiger partial charge in [0.1, 0.15) is 12.4 Å². The molecule has 2 aliphatic heterocycles. The SMILES string of the molecule is c1ccc2c(c1)OCc1ccc(CN3CCOCC3)n1-2. The number of ether oxygens (including phenoxy) is 2. The predicted octanol–water partition coefficient (Wildman–Crippen LogP) is 2.20. The van der Waals surface area contributed by atoms with Crippen LogP contribution in [0.25, 0.3) is 5.69 Å². The number of aromatic nitrogens is 1. The minimum Gasteiger partial charge on any atom is -0.485 e. The van der Waals surface area contributed by atoms with E-state index in [1.54, 1.807) is 0 Å². The molecule has 20 heavy (non-hydrogen) atoms. The van der Waals surface area contributed by atoms with Crippen molar-refractivity contribution in [1.82, 2.24) is 9.47 Å². The number of hydrogen-bond donors (Lipinski definition) is 0. The molecule has 0 radical (unpaired) electrons. The van der Waals surface area contributed by atoms with Crippen molar-refractivity contribution in [2.75, 3.05) is 26.3 Å². The Labute approximate surface area is 118 Å². The molecule has 4 rings (SSSR count). The van der Waals surface area contributed by atoms with E-state index in [-0.39, 0.29) is 0 Å². The van der Waals surface area contributed by atoms with Gasteiger partial charge in [0.25, 0.3) is 0 Å². The second kappa shape index (κ2) is 4.96. The van der Waals surface area contributed by atoms with E-state index in [4.69, 9.17) is 9.47 Å². The molecule has 0 amide bonds. The Bertz CT molecular complexity index is 615. The average molecular weight is 270 g/mol. The van der Waals surface area contributed by atoms with Gasteiger partial charge in [0.05, 0.1) is 24.6 Å². The highest BCUT2D eigenvalue weighted by molar-refractivity contribution is 5.51. The molecular weight excluding hydrogens is 252 g/mol. The lowest BCUT2D eigenvalue weighted by Crippen LogP contribution is -2.36. The monoisotopic (exact) mass is 270 g/mol. The molecule has 4 nitrogen and oxygen atoms in total. The van der Waals surface area contributed by atoms with Crippen LogP contribution in [0.15, 0.2) is 36.4 Å². The lowest BCUT2D eigenvalue weighted by molar-refractivity contribution is 0.0333. The quantitative estimate of drug-likeness (QED) is 0.837. The van der Waals surface area contributed by atoms with Crippen LogP contribution in [0.4, 0.5) is 0 Å². The van der Waals surface area contributed by atoms with E-state index in [9.17, 15) is 0 Å². The van der Waals surface area contributed by atoms with E-state index >= 15 is 0 Å². The summed E-state index contributed by atoms with van der Waals surface area (Å²) in [5.74, 6) is 0.972. The van der Waals surface area contributed by atoms with Gasteiger partial charge < -0.3 is 14.0 Å². The molecule has 104 valence electrons. The molecule has 3 heterocycles. The lowest BCUT2D eigenvalue weighted by atomic mass is 10.2. The number of fused-ring (bicyclic) bond motifs is 3. The number of para-hydroxylation sites is 2. The minimum absolute atomic E-state index is 0.653. The van der Waals surface area contributed by atoms with Crippen molar-refractivity contribution in [2.24, 2.45) is 0 Å². The fourth-order valence-electron chi connectivity index (χ4n) is 2.98. The molecule has 0 aliphatic carbocycles. The highest BCUT2D eigenvalue weighted by Crippen LogP contribution is 2.31. The molecule has 1 saturated heterocycles. The predicted molar refractivity (Wildman–Crippen MR) is 76.2 cm³/mol. The van der Waals surface area contributed by atoms with Crippen molar-refractivity contribution in [3.05, 3.63) is 47.8 Å². The normalized spacial score (nSPS) is 18.2. The van der Waals surface area contributed by atoms with Gasteiger partial charge in [0.2, 0.25) is 0 Å². The van der Waals surface area contributed by atoms with Crippen molar-refractivity contribution < 1.29 is 9.47 Å². The summed E-state index contributed by atoms with van der Waals surface area (Å²) in [5.41, 5.74) is 3.71. The van der Waals surface area contributed by atoms with Gasteiger partial charge in [0, 0.05) is 25.3 Å². The van der Waals surface area contributed by atoms with Gasteiger partial charge in [-0.05, 0) is 24.3 Å². The molecule has 0 spiro atoms. The second-order valence-electron chi connectivity index (χ2n) is 5.30. The summed E-state index contributed by atoms with van der Waals surface area (Å²) < 4.78 is 13.6. The van der Waals surface area contributed by atoms with Gasteiger partial charge in [-0.2, -0.15) is 0 Å². The summed E-state index contributed by atoms with van der Waals surface area (Å²) in [5, 5.41) is 0. The Kier molecular flexibility index (Phi) is 2.98. The fourth-order valence-corrected chi connectivity index (χ4v) is 2.98. The maximum atomic E-state index is 5.80. The summed E-state index contributed by atoms with van der Waals surface area (Å²) in [7, 11) is 0. The zero-order chi connectivity index (χ0) is 13.4. The van der Waals surface area contributed by atoms with Crippen LogP contribution in [-0.2, 0) is 17.9 Å². The Balaban J connectivity index is 1.68. The van der Waals surface area contributed by atoms with Gasteiger partial charge in [0.15, 0.2) is 0 Å². The van der Waals surface area contributed by atoms with Gasteiger partial charge in [-0.1, -0.05) is 12.1 Å². The summed E-state index contributed by atoms with van der Waals surface area (Å²) in [6.45, 7) is 5.33. The number of hydrogen-bond acceptors (Lipinski definition) is 3. The van der Waals surface area contributed by atoms with Crippen LogP contribution < -0.4 is 4.74 Å². The first-order chi connectivity index (χ1) is 9.92. The maximum absolute atomic E-state index is 5.80. The van der Waals surface area contributed by atoms with Crippen molar-refractivity contribution in [2.45, 2.75) is 13.2 Å². The van der Waals surface area contributed by atoms with Crippen LogP contribution in [-0.4, -0.2) is 35.8 Å². The summed E-state index contributed by atoms with van der Waals surface area (Å²) in [6.07, 6.45) is 0. The van der Waals surface area contributed by atoms with Gasteiger partial charge in [-0.3, -0.25) is 4.90 Å². The Morgan fingerprint density at radius 3 is 2.75 bits per heavy atom. The number of morpholine rings is 1. The molecule has 0 saturated carbocycles. The first-order valence-corrected chi connectivity index (χ1v) is 7.13. The largest absolute Gasteiger partial charge is 0.485 e. The summed E-state index contributed by atoms with van der Waals surface area (Å²) in [6, 6.07) is 12.6. The molecule has 4 heteroatoms. The average Bonchev–Trinajstić information content (AvgIpc) is 2.92. The zero-order valence-corrected chi connectivity index (χ0v) is 11.4. The molecule has 1 fully saturated rings. The second-order valence-corrected chi connectivity index (χ2v) is 5.30. The highest BCUT2D eigenvalue weighted by Gasteiger charge is 2.21. The molecule has 0 unspecified atom stereocenters. The summed E-state index contributed by atoms with van der Waals surface area (Å²) in [4.78, 5) is 2.45. The van der Waals surface area contributed by atoms with E-state index < -0.39 is 0 Å². The molecule has 0 atom stereocenters. The number of rotatable bonds is 2. The van der Waals surface area contributed by atoms with E-state index in [1.807, 2.05) is 12.1 Å². The van der Waals surface area contributed by atoms with Crippen LogP contribution in [0, 0.1) is 0 Å². The Morgan fingerprint density at radius 2 is 1.85 bits per heavy atom. The first-order valence-electron chi connectivity index (χ1n) is 7.13. The Morgan fingerprint density at radius 1 is 1.00 bits per heavy atom. The molecule has 2 aromatic rings. The third-order valence-corrected chi connectivity index (χ3v) is 4.01. The van der Waals surface area contributed by atoms with E-state index in [2.05, 4.69) is 33.7 Å². The van der Waals surface area contributed by atoms with Crippen LogP contribution in [0.3, 0.4) is 0 Å².